The van der Waals surface area contributed by atoms with E-state index in [1.165, 1.54) is 6.07 Å². The smallest absolute Gasteiger partial charge is 0.238 e. The first-order valence-corrected chi connectivity index (χ1v) is 9.83. The van der Waals surface area contributed by atoms with Gasteiger partial charge < -0.3 is 14.5 Å². The van der Waals surface area contributed by atoms with Crippen molar-refractivity contribution in [2.24, 2.45) is 0 Å². The average molecular weight is 400 g/mol. The first-order valence-electron chi connectivity index (χ1n) is 9.83. The van der Waals surface area contributed by atoms with Gasteiger partial charge in [-0.25, -0.2) is 8.78 Å². The summed E-state index contributed by atoms with van der Waals surface area (Å²) in [6.07, 6.45) is 3.94. The van der Waals surface area contributed by atoms with Crippen LogP contribution < -0.4 is 9.80 Å². The van der Waals surface area contributed by atoms with E-state index in [1.54, 1.807) is 0 Å². The lowest BCUT2D eigenvalue weighted by Gasteiger charge is -2.31. The molecule has 1 aromatic carbocycles. The maximum absolute atomic E-state index is 14.3. The van der Waals surface area contributed by atoms with E-state index >= 15 is 0 Å². The van der Waals surface area contributed by atoms with Crippen molar-refractivity contribution in [2.75, 3.05) is 36.1 Å². The number of hydrogen-bond donors (Lipinski definition) is 0. The van der Waals surface area contributed by atoms with Crippen molar-refractivity contribution in [1.82, 2.24) is 15.0 Å². The number of morpholine rings is 1. The molecular formula is C20H22F2N6O. The van der Waals surface area contributed by atoms with Crippen LogP contribution in [0.25, 0.3) is 0 Å². The number of hydrogen-bond acceptors (Lipinski definition) is 7. The van der Waals surface area contributed by atoms with Crippen molar-refractivity contribution in [2.45, 2.75) is 38.3 Å². The van der Waals surface area contributed by atoms with E-state index in [9.17, 15) is 14.0 Å². The lowest BCUT2D eigenvalue weighted by atomic mass is 10.1. The molecule has 152 valence electrons. The number of benzene rings is 1. The van der Waals surface area contributed by atoms with E-state index in [1.807, 2.05) is 15.9 Å². The molecule has 0 atom stereocenters. The van der Waals surface area contributed by atoms with E-state index in [2.05, 4.69) is 15.0 Å². The summed E-state index contributed by atoms with van der Waals surface area (Å²) in [6.45, 7) is 2.49. The van der Waals surface area contributed by atoms with E-state index in [4.69, 9.17) is 4.74 Å². The Morgan fingerprint density at radius 3 is 2.62 bits per heavy atom. The Balaban J connectivity index is 1.71. The van der Waals surface area contributed by atoms with Crippen molar-refractivity contribution in [1.29, 1.82) is 5.26 Å². The fraction of sp³-hybridized carbons (Fsp3) is 0.500. The number of nitrogens with zero attached hydrogens (tertiary/aromatic N) is 6. The average Bonchev–Trinajstić information content (AvgIpc) is 3.29. The second-order valence-electron chi connectivity index (χ2n) is 7.27. The Morgan fingerprint density at radius 1 is 1.14 bits per heavy atom. The third kappa shape index (κ3) is 4.43. The minimum absolute atomic E-state index is 0.0132. The molecule has 1 saturated carbocycles. The third-order valence-corrected chi connectivity index (χ3v) is 5.38. The lowest BCUT2D eigenvalue weighted by molar-refractivity contribution is 0.122. The highest BCUT2D eigenvalue weighted by Gasteiger charge is 2.28. The summed E-state index contributed by atoms with van der Waals surface area (Å²) in [6, 6.07) is 5.53. The van der Waals surface area contributed by atoms with Gasteiger partial charge in [0.1, 0.15) is 17.7 Å². The molecule has 7 nitrogen and oxygen atoms in total. The summed E-state index contributed by atoms with van der Waals surface area (Å²) in [7, 11) is 0. The molecule has 4 rings (SSSR count). The topological polar surface area (TPSA) is 78.2 Å². The predicted molar refractivity (Wildman–Crippen MR) is 102 cm³/mol. The summed E-state index contributed by atoms with van der Waals surface area (Å²) in [4.78, 5) is 17.0. The van der Waals surface area contributed by atoms with Crippen molar-refractivity contribution < 1.29 is 13.5 Å². The molecule has 2 aliphatic rings. The largest absolute Gasteiger partial charge is 0.378 e. The second kappa shape index (κ2) is 8.66. The van der Waals surface area contributed by atoms with Crippen molar-refractivity contribution >= 4 is 11.9 Å². The standard InChI is InChI=1S/C20H22F2N6O/c21-15-5-6-17(22)14(11-15)13-28(16-3-1-2-4-16)20-25-18(12-23)24-19(26-20)27-7-9-29-10-8-27/h5-6,11,16H,1-4,7-10,13H2. The molecule has 1 aliphatic heterocycles. The minimum atomic E-state index is -0.491. The van der Waals surface area contributed by atoms with Crippen LogP contribution in [0.2, 0.25) is 0 Å². The van der Waals surface area contributed by atoms with Crippen LogP contribution >= 0.6 is 0 Å². The Morgan fingerprint density at radius 2 is 1.90 bits per heavy atom. The number of halogens is 2. The van der Waals surface area contributed by atoms with Gasteiger partial charge >= 0.3 is 0 Å². The highest BCUT2D eigenvalue weighted by atomic mass is 19.1. The summed E-state index contributed by atoms with van der Waals surface area (Å²) in [5, 5.41) is 9.43. The lowest BCUT2D eigenvalue weighted by Crippen LogP contribution is -2.39. The molecular weight excluding hydrogens is 378 g/mol. The number of rotatable bonds is 5. The second-order valence-corrected chi connectivity index (χ2v) is 7.27. The van der Waals surface area contributed by atoms with Crippen LogP contribution in [0.5, 0.6) is 0 Å². The Labute approximate surface area is 168 Å². The van der Waals surface area contributed by atoms with Crippen LogP contribution in [0.1, 0.15) is 37.1 Å². The van der Waals surface area contributed by atoms with Crippen molar-refractivity contribution in [3.8, 4) is 6.07 Å². The highest BCUT2D eigenvalue weighted by molar-refractivity contribution is 5.43. The molecule has 2 aromatic rings. The summed E-state index contributed by atoms with van der Waals surface area (Å²) < 4.78 is 33.4. The third-order valence-electron chi connectivity index (χ3n) is 5.38. The predicted octanol–water partition coefficient (Wildman–Crippen LogP) is 2.81. The number of ether oxygens (including phenoxy) is 1. The van der Waals surface area contributed by atoms with Crippen LogP contribution in [-0.2, 0) is 11.3 Å². The van der Waals surface area contributed by atoms with Gasteiger partial charge in [-0.05, 0) is 31.0 Å². The van der Waals surface area contributed by atoms with E-state index in [0.717, 1.165) is 37.8 Å². The molecule has 0 amide bonds. The highest BCUT2D eigenvalue weighted by Crippen LogP contribution is 2.29. The van der Waals surface area contributed by atoms with Crippen LogP contribution in [0.15, 0.2) is 18.2 Å². The van der Waals surface area contributed by atoms with Gasteiger partial charge in [0.2, 0.25) is 17.7 Å². The molecule has 1 aliphatic carbocycles. The SMILES string of the molecule is N#Cc1nc(N2CCOCC2)nc(N(Cc2cc(F)ccc2F)C2CCCC2)n1. The minimum Gasteiger partial charge on any atom is -0.378 e. The molecule has 1 saturated heterocycles. The Hall–Kier alpha value is -2.86. The van der Waals surface area contributed by atoms with E-state index in [-0.39, 0.29) is 24.0 Å². The molecule has 9 heteroatoms. The van der Waals surface area contributed by atoms with Crippen LogP contribution in [0.4, 0.5) is 20.7 Å². The summed E-state index contributed by atoms with van der Waals surface area (Å²) in [5.74, 6) is -0.210. The number of aromatic nitrogens is 3. The van der Waals surface area contributed by atoms with Crippen LogP contribution in [0.3, 0.4) is 0 Å². The zero-order chi connectivity index (χ0) is 20.2. The molecule has 0 radical (unpaired) electrons. The quantitative estimate of drug-likeness (QED) is 0.764. The van der Waals surface area contributed by atoms with Crippen LogP contribution in [0, 0.1) is 23.0 Å². The van der Waals surface area contributed by atoms with E-state index in [0.29, 0.717) is 38.2 Å². The van der Waals surface area contributed by atoms with Crippen molar-refractivity contribution in [3.05, 3.63) is 41.2 Å². The zero-order valence-electron chi connectivity index (χ0n) is 16.0. The molecule has 2 fully saturated rings. The van der Waals surface area contributed by atoms with Crippen molar-refractivity contribution in [3.63, 3.8) is 0 Å². The first kappa shape index (κ1) is 19.5. The van der Waals surface area contributed by atoms with Gasteiger partial charge in [-0.2, -0.15) is 20.2 Å². The molecule has 0 bridgehead atoms. The van der Waals surface area contributed by atoms with Gasteiger partial charge in [0.25, 0.3) is 0 Å². The monoisotopic (exact) mass is 400 g/mol. The maximum atomic E-state index is 14.3. The van der Waals surface area contributed by atoms with E-state index < -0.39 is 11.6 Å². The number of nitriles is 1. The summed E-state index contributed by atoms with van der Waals surface area (Å²) >= 11 is 0. The van der Waals surface area contributed by atoms with Gasteiger partial charge in [0, 0.05) is 31.2 Å². The Kier molecular flexibility index (Phi) is 5.81. The molecule has 29 heavy (non-hydrogen) atoms. The zero-order valence-corrected chi connectivity index (χ0v) is 16.0. The number of anilines is 2. The molecule has 0 unspecified atom stereocenters. The maximum Gasteiger partial charge on any atom is 0.238 e. The fourth-order valence-electron chi connectivity index (χ4n) is 3.86. The molecule has 1 aromatic heterocycles. The van der Waals surface area contributed by atoms with Gasteiger partial charge in [-0.1, -0.05) is 12.8 Å². The van der Waals surface area contributed by atoms with Crippen LogP contribution in [-0.4, -0.2) is 47.3 Å². The first-order chi connectivity index (χ1) is 14.1. The molecule has 2 heterocycles. The Bertz CT molecular complexity index is 906. The normalized spacial score (nSPS) is 17.3. The summed E-state index contributed by atoms with van der Waals surface area (Å²) in [5.41, 5.74) is 0.240. The fourth-order valence-corrected chi connectivity index (χ4v) is 3.86. The molecule has 0 N–H and O–H groups in total. The van der Waals surface area contributed by atoms with Gasteiger partial charge in [0.15, 0.2) is 0 Å². The molecule has 0 spiro atoms. The van der Waals surface area contributed by atoms with Gasteiger partial charge in [-0.3, -0.25) is 0 Å². The van der Waals surface area contributed by atoms with Gasteiger partial charge in [-0.15, -0.1) is 0 Å². The van der Waals surface area contributed by atoms with Gasteiger partial charge in [0.05, 0.1) is 13.2 Å².